The van der Waals surface area contributed by atoms with E-state index in [1.807, 2.05) is 11.3 Å². The number of rotatable bonds is 2. The van der Waals surface area contributed by atoms with Crippen LogP contribution >= 0.6 is 11.3 Å². The molecule has 0 bridgehead atoms. The van der Waals surface area contributed by atoms with E-state index in [1.165, 1.54) is 36.5 Å². The quantitative estimate of drug-likeness (QED) is 0.549. The Hall–Kier alpha value is -2.68. The van der Waals surface area contributed by atoms with Crippen molar-refractivity contribution >= 4 is 33.6 Å². The van der Waals surface area contributed by atoms with Crippen LogP contribution in [-0.2, 0) is 0 Å². The molecular formula is C25H21NS. The van der Waals surface area contributed by atoms with Gasteiger partial charge in [0.05, 0.1) is 0 Å². The van der Waals surface area contributed by atoms with Crippen molar-refractivity contribution in [2.24, 2.45) is 5.73 Å². The van der Waals surface area contributed by atoms with E-state index in [0.29, 0.717) is 0 Å². The molecule has 2 N–H and O–H groups in total. The fraction of sp³-hybridized carbons (Fsp3) is 0.120. The van der Waals surface area contributed by atoms with E-state index in [4.69, 9.17) is 5.73 Å². The second-order valence-electron chi connectivity index (χ2n) is 7.52. The van der Waals surface area contributed by atoms with E-state index in [9.17, 15) is 0 Å². The highest BCUT2D eigenvalue weighted by Crippen LogP contribution is 2.34. The average Bonchev–Trinajstić information content (AvgIpc) is 3.04. The Balaban J connectivity index is 1.68. The average molecular weight is 368 g/mol. The zero-order valence-corrected chi connectivity index (χ0v) is 16.0. The molecule has 0 aliphatic heterocycles. The Kier molecular flexibility index (Phi) is 3.78. The lowest BCUT2D eigenvalue weighted by molar-refractivity contribution is 0.569. The summed E-state index contributed by atoms with van der Waals surface area (Å²) in [7, 11) is 0. The van der Waals surface area contributed by atoms with Gasteiger partial charge in [-0.3, -0.25) is 0 Å². The molecule has 2 heteroatoms. The van der Waals surface area contributed by atoms with Crippen LogP contribution in [0.15, 0.2) is 78.9 Å². The van der Waals surface area contributed by atoms with Crippen molar-refractivity contribution < 1.29 is 0 Å². The maximum absolute atomic E-state index is 6.83. The van der Waals surface area contributed by atoms with Gasteiger partial charge in [-0.1, -0.05) is 84.9 Å². The predicted octanol–water partition coefficient (Wildman–Crippen LogP) is 4.64. The van der Waals surface area contributed by atoms with Gasteiger partial charge in [-0.2, -0.15) is 0 Å². The number of nitrogens with two attached hydrogens (primary N) is 1. The number of benzene rings is 3. The molecule has 0 spiro atoms. The minimum atomic E-state index is -0.424. The van der Waals surface area contributed by atoms with Crippen LogP contribution in [0.5, 0.6) is 0 Å². The molecule has 1 nitrogen and oxygen atoms in total. The molecule has 3 aromatic carbocycles. The molecule has 27 heavy (non-hydrogen) atoms. The van der Waals surface area contributed by atoms with Gasteiger partial charge in [-0.25, -0.2) is 0 Å². The van der Waals surface area contributed by atoms with Crippen molar-refractivity contribution in [1.29, 1.82) is 0 Å². The Morgan fingerprint density at radius 2 is 1.59 bits per heavy atom. The summed E-state index contributed by atoms with van der Waals surface area (Å²) in [5.41, 5.74) is 10.1. The van der Waals surface area contributed by atoms with Crippen molar-refractivity contribution in [2.75, 3.05) is 0 Å². The second kappa shape index (κ2) is 6.19. The standard InChI is InChI=1S/C25H21NS/c1-25(26)16-21-20-12-5-6-13-23(20)27-24(21)15-22(25)19-11-7-10-18(14-19)17-8-3-2-4-9-17/h2-16,22H,26H2,1H3. The Labute approximate surface area is 163 Å². The lowest BCUT2D eigenvalue weighted by atomic mass is 9.77. The van der Waals surface area contributed by atoms with Crippen LogP contribution in [0.2, 0.25) is 0 Å². The second-order valence-corrected chi connectivity index (χ2v) is 8.61. The fourth-order valence-corrected chi connectivity index (χ4v) is 5.24. The molecule has 0 saturated carbocycles. The number of thiophene rings is 1. The number of fused-ring (bicyclic) bond motifs is 3. The van der Waals surface area contributed by atoms with Crippen molar-refractivity contribution in [3.8, 4) is 11.1 Å². The van der Waals surface area contributed by atoms with Crippen molar-refractivity contribution in [3.05, 3.63) is 94.2 Å². The summed E-state index contributed by atoms with van der Waals surface area (Å²) < 4.78 is 2.65. The molecule has 5 rings (SSSR count). The van der Waals surface area contributed by atoms with Gasteiger partial charge in [0.25, 0.3) is 0 Å². The van der Waals surface area contributed by atoms with Crippen LogP contribution in [0.4, 0.5) is 0 Å². The van der Waals surface area contributed by atoms with Gasteiger partial charge in [-0.15, -0.1) is 11.3 Å². The molecule has 1 aromatic heterocycles. The van der Waals surface area contributed by atoms with Crippen LogP contribution in [0.25, 0.3) is 33.4 Å². The maximum Gasteiger partial charge on any atom is 0.0425 e. The molecule has 0 fully saturated rings. The summed E-state index contributed by atoms with van der Waals surface area (Å²) in [5, 5.41) is 2.60. The van der Waals surface area contributed by atoms with Crippen LogP contribution in [0, 0.1) is 0 Å². The van der Waals surface area contributed by atoms with Crippen molar-refractivity contribution in [1.82, 2.24) is 0 Å². The van der Waals surface area contributed by atoms with Crippen molar-refractivity contribution in [3.63, 3.8) is 0 Å². The molecule has 0 saturated heterocycles. The van der Waals surface area contributed by atoms with E-state index in [1.54, 1.807) is 0 Å². The van der Waals surface area contributed by atoms with Crippen LogP contribution < -0.4 is 15.5 Å². The van der Waals surface area contributed by atoms with Gasteiger partial charge < -0.3 is 5.73 Å². The summed E-state index contributed by atoms with van der Waals surface area (Å²) in [6, 6.07) is 27.9. The van der Waals surface area contributed by atoms with Crippen LogP contribution in [0.3, 0.4) is 0 Å². The minimum absolute atomic E-state index is 0.154. The first-order valence-corrected chi connectivity index (χ1v) is 10.1. The Morgan fingerprint density at radius 1 is 0.852 bits per heavy atom. The number of hydrogen-bond acceptors (Lipinski definition) is 2. The lowest BCUT2D eigenvalue weighted by Gasteiger charge is -2.32. The zero-order valence-electron chi connectivity index (χ0n) is 15.2. The largest absolute Gasteiger partial charge is 0.321 e. The summed E-state index contributed by atoms with van der Waals surface area (Å²) >= 11 is 1.86. The topological polar surface area (TPSA) is 26.0 Å². The first kappa shape index (κ1) is 16.5. The lowest BCUT2D eigenvalue weighted by Crippen LogP contribution is -2.46. The van der Waals surface area contributed by atoms with Gasteiger partial charge in [0, 0.05) is 26.1 Å². The summed E-state index contributed by atoms with van der Waals surface area (Å²) in [6.45, 7) is 2.14. The molecule has 1 aliphatic rings. The summed E-state index contributed by atoms with van der Waals surface area (Å²) in [4.78, 5) is 0. The molecule has 1 heterocycles. The highest BCUT2D eigenvalue weighted by molar-refractivity contribution is 7.17. The van der Waals surface area contributed by atoms with E-state index in [-0.39, 0.29) is 5.92 Å². The number of hydrogen-bond donors (Lipinski definition) is 1. The Morgan fingerprint density at radius 3 is 2.44 bits per heavy atom. The third-order valence-electron chi connectivity index (χ3n) is 5.46. The van der Waals surface area contributed by atoms with E-state index in [0.717, 1.165) is 0 Å². The fourth-order valence-electron chi connectivity index (χ4n) is 4.09. The minimum Gasteiger partial charge on any atom is -0.321 e. The molecule has 2 atom stereocenters. The van der Waals surface area contributed by atoms with Crippen LogP contribution in [0.1, 0.15) is 18.4 Å². The van der Waals surface area contributed by atoms with Gasteiger partial charge in [0.15, 0.2) is 0 Å². The maximum atomic E-state index is 6.83. The molecule has 0 amide bonds. The first-order chi connectivity index (χ1) is 13.1. The molecule has 1 aliphatic carbocycles. The Bertz CT molecular complexity index is 1250. The molecular weight excluding hydrogens is 346 g/mol. The summed E-state index contributed by atoms with van der Waals surface area (Å²) in [6.07, 6.45) is 4.63. The van der Waals surface area contributed by atoms with Gasteiger partial charge in [0.2, 0.25) is 0 Å². The first-order valence-electron chi connectivity index (χ1n) is 9.28. The summed E-state index contributed by atoms with van der Waals surface area (Å²) in [5.74, 6) is 0.154. The molecule has 132 valence electrons. The van der Waals surface area contributed by atoms with Crippen molar-refractivity contribution in [2.45, 2.75) is 18.4 Å². The monoisotopic (exact) mass is 367 g/mol. The zero-order chi connectivity index (χ0) is 18.4. The highest BCUT2D eigenvalue weighted by Gasteiger charge is 2.30. The van der Waals surface area contributed by atoms with Crippen LogP contribution in [-0.4, -0.2) is 5.54 Å². The molecule has 2 unspecified atom stereocenters. The van der Waals surface area contributed by atoms with E-state index < -0.39 is 5.54 Å². The smallest absolute Gasteiger partial charge is 0.0425 e. The van der Waals surface area contributed by atoms with Gasteiger partial charge >= 0.3 is 0 Å². The van der Waals surface area contributed by atoms with E-state index >= 15 is 0 Å². The SMILES string of the molecule is CC1(N)C=c2c(sc3ccccc23)=CC1c1cccc(-c2ccccc2)c1. The molecule has 0 radical (unpaired) electrons. The normalized spacial score (nSPS) is 21.3. The highest BCUT2D eigenvalue weighted by atomic mass is 32.1. The van der Waals surface area contributed by atoms with E-state index in [2.05, 4.69) is 97.9 Å². The molecule has 4 aromatic rings. The van der Waals surface area contributed by atoms with Gasteiger partial charge in [-0.05, 0) is 34.9 Å². The van der Waals surface area contributed by atoms with Gasteiger partial charge in [0.1, 0.15) is 0 Å². The third-order valence-corrected chi connectivity index (χ3v) is 6.61. The predicted molar refractivity (Wildman–Crippen MR) is 117 cm³/mol. The third kappa shape index (κ3) is 2.82.